The molecule has 2 rings (SSSR count). The second-order valence-electron chi connectivity index (χ2n) is 7.35. The molecule has 0 radical (unpaired) electrons. The molecule has 0 bridgehead atoms. The highest BCUT2D eigenvalue weighted by Gasteiger charge is 2.33. The molecule has 6 nitrogen and oxygen atoms in total. The number of ether oxygens (including phenoxy) is 3. The number of aliphatic imine (C=N–C) groups is 1. The summed E-state index contributed by atoms with van der Waals surface area (Å²) in [5, 5.41) is 6.95. The number of nitrogens with one attached hydrogen (secondary N) is 2. The van der Waals surface area contributed by atoms with Crippen LogP contribution in [0.1, 0.15) is 51.5 Å². The van der Waals surface area contributed by atoms with Crippen LogP contribution >= 0.6 is 24.0 Å². The molecular formula is C22H38IN3O3. The van der Waals surface area contributed by atoms with Crippen LogP contribution in [0.5, 0.6) is 11.5 Å². The van der Waals surface area contributed by atoms with E-state index in [4.69, 9.17) is 14.2 Å². The fourth-order valence-corrected chi connectivity index (χ4v) is 3.85. The van der Waals surface area contributed by atoms with Crippen LogP contribution in [0.2, 0.25) is 0 Å². The number of benzene rings is 1. The highest BCUT2D eigenvalue weighted by Crippen LogP contribution is 2.40. The van der Waals surface area contributed by atoms with Crippen LogP contribution in [0, 0.1) is 5.41 Å². The number of guanidine groups is 1. The van der Waals surface area contributed by atoms with Gasteiger partial charge in [0.1, 0.15) is 0 Å². The van der Waals surface area contributed by atoms with Gasteiger partial charge in [0.15, 0.2) is 17.5 Å². The lowest BCUT2D eigenvalue weighted by molar-refractivity contribution is 0.105. The third-order valence-electron chi connectivity index (χ3n) is 5.49. The molecule has 1 aromatic rings. The summed E-state index contributed by atoms with van der Waals surface area (Å²) < 4.78 is 16.6. The van der Waals surface area contributed by atoms with Gasteiger partial charge in [-0.25, -0.2) is 0 Å². The summed E-state index contributed by atoms with van der Waals surface area (Å²) in [6, 6.07) is 6.00. The second-order valence-corrected chi connectivity index (χ2v) is 7.35. The molecule has 0 aliphatic heterocycles. The number of hydrogen-bond donors (Lipinski definition) is 2. The van der Waals surface area contributed by atoms with Crippen molar-refractivity contribution in [1.82, 2.24) is 10.6 Å². The number of hydrogen-bond acceptors (Lipinski definition) is 4. The molecule has 0 unspecified atom stereocenters. The van der Waals surface area contributed by atoms with Crippen molar-refractivity contribution in [2.75, 3.05) is 40.5 Å². The number of nitrogens with zero attached hydrogens (tertiary/aromatic N) is 1. The van der Waals surface area contributed by atoms with Crippen LogP contribution in [0.4, 0.5) is 0 Å². The van der Waals surface area contributed by atoms with Gasteiger partial charge in [0.25, 0.3) is 0 Å². The zero-order valence-electron chi connectivity index (χ0n) is 18.4. The van der Waals surface area contributed by atoms with Gasteiger partial charge in [0, 0.05) is 33.4 Å². The van der Waals surface area contributed by atoms with Crippen molar-refractivity contribution in [3.8, 4) is 11.5 Å². The number of methoxy groups -OCH3 is 1. The van der Waals surface area contributed by atoms with E-state index in [1.54, 1.807) is 7.11 Å². The van der Waals surface area contributed by atoms with Crippen LogP contribution in [0.15, 0.2) is 23.2 Å². The number of rotatable bonds is 11. The highest BCUT2D eigenvalue weighted by molar-refractivity contribution is 14.0. The molecule has 0 aromatic heterocycles. The molecule has 2 N–H and O–H groups in total. The number of halogens is 1. The third-order valence-corrected chi connectivity index (χ3v) is 5.49. The maximum absolute atomic E-state index is 5.67. The van der Waals surface area contributed by atoms with Crippen molar-refractivity contribution in [2.45, 2.75) is 52.5 Å². The van der Waals surface area contributed by atoms with E-state index in [0.717, 1.165) is 49.2 Å². The van der Waals surface area contributed by atoms with Crippen LogP contribution in [0.3, 0.4) is 0 Å². The second kappa shape index (κ2) is 13.9. The fourth-order valence-electron chi connectivity index (χ4n) is 3.85. The molecule has 7 heteroatoms. The minimum atomic E-state index is 0. The first-order chi connectivity index (χ1) is 13.7. The standard InChI is InChI=1S/C22H37N3O3.HI/c1-5-27-14-13-22(11-7-8-12-22)17-25-21(23-3)24-16-18-9-10-19(26-4)20(15-18)28-6-2;/h9-10,15H,5-8,11-14,16-17H2,1-4H3,(H2,23,24,25);1H. The summed E-state index contributed by atoms with van der Waals surface area (Å²) in [6.45, 7) is 7.89. The molecule has 0 saturated heterocycles. The lowest BCUT2D eigenvalue weighted by Gasteiger charge is -2.30. The van der Waals surface area contributed by atoms with Gasteiger partial charge in [0.2, 0.25) is 0 Å². The maximum Gasteiger partial charge on any atom is 0.191 e. The third kappa shape index (κ3) is 8.20. The Morgan fingerprint density at radius 1 is 1.10 bits per heavy atom. The maximum atomic E-state index is 5.67. The largest absolute Gasteiger partial charge is 0.493 e. The van der Waals surface area contributed by atoms with E-state index in [-0.39, 0.29) is 24.0 Å². The van der Waals surface area contributed by atoms with E-state index in [2.05, 4.69) is 22.5 Å². The topological polar surface area (TPSA) is 64.1 Å². The van der Waals surface area contributed by atoms with Gasteiger partial charge in [-0.1, -0.05) is 18.9 Å². The smallest absolute Gasteiger partial charge is 0.191 e. The first-order valence-corrected chi connectivity index (χ1v) is 10.5. The van der Waals surface area contributed by atoms with Gasteiger partial charge in [-0.2, -0.15) is 0 Å². The van der Waals surface area contributed by atoms with Gasteiger partial charge < -0.3 is 24.8 Å². The van der Waals surface area contributed by atoms with Crippen molar-refractivity contribution in [3.05, 3.63) is 23.8 Å². The predicted octanol–water partition coefficient (Wildman–Crippen LogP) is 4.36. The highest BCUT2D eigenvalue weighted by atomic mass is 127. The lowest BCUT2D eigenvalue weighted by Crippen LogP contribution is -2.43. The SMILES string of the molecule is CCOCCC1(CNC(=NC)NCc2ccc(OC)c(OCC)c2)CCCC1.I. The van der Waals surface area contributed by atoms with E-state index in [1.807, 2.05) is 32.2 Å². The Hall–Kier alpha value is -1.22. The van der Waals surface area contributed by atoms with Gasteiger partial charge in [0.05, 0.1) is 13.7 Å². The predicted molar refractivity (Wildman–Crippen MR) is 130 cm³/mol. The molecule has 0 amide bonds. The molecule has 166 valence electrons. The van der Waals surface area contributed by atoms with Crippen molar-refractivity contribution in [1.29, 1.82) is 0 Å². The normalized spacial score (nSPS) is 15.5. The van der Waals surface area contributed by atoms with E-state index < -0.39 is 0 Å². The Morgan fingerprint density at radius 3 is 2.48 bits per heavy atom. The van der Waals surface area contributed by atoms with Crippen LogP contribution in [-0.4, -0.2) is 46.5 Å². The molecule has 1 aliphatic carbocycles. The van der Waals surface area contributed by atoms with Crippen LogP contribution < -0.4 is 20.1 Å². The lowest BCUT2D eigenvalue weighted by atomic mass is 9.83. The van der Waals surface area contributed by atoms with Gasteiger partial charge in [-0.05, 0) is 56.2 Å². The molecule has 1 fully saturated rings. The minimum Gasteiger partial charge on any atom is -0.493 e. The van der Waals surface area contributed by atoms with Crippen molar-refractivity contribution >= 4 is 29.9 Å². The van der Waals surface area contributed by atoms with Crippen molar-refractivity contribution in [2.24, 2.45) is 10.4 Å². The van der Waals surface area contributed by atoms with E-state index in [1.165, 1.54) is 25.7 Å². The Bertz CT molecular complexity index is 619. The minimum absolute atomic E-state index is 0. The summed E-state index contributed by atoms with van der Waals surface area (Å²) in [6.07, 6.45) is 6.26. The molecule has 0 heterocycles. The van der Waals surface area contributed by atoms with Gasteiger partial charge in [-0.3, -0.25) is 4.99 Å². The average molecular weight is 519 g/mol. The van der Waals surface area contributed by atoms with Crippen LogP contribution in [-0.2, 0) is 11.3 Å². The molecule has 0 atom stereocenters. The Kier molecular flexibility index (Phi) is 12.4. The van der Waals surface area contributed by atoms with E-state index in [9.17, 15) is 0 Å². The quantitative estimate of drug-likeness (QED) is 0.197. The van der Waals surface area contributed by atoms with Crippen LogP contribution in [0.25, 0.3) is 0 Å². The first-order valence-electron chi connectivity index (χ1n) is 10.5. The monoisotopic (exact) mass is 519 g/mol. The summed E-state index contributed by atoms with van der Waals surface area (Å²) in [7, 11) is 3.47. The zero-order chi connectivity index (χ0) is 20.2. The fraction of sp³-hybridized carbons (Fsp3) is 0.682. The average Bonchev–Trinajstić information content (AvgIpc) is 3.18. The molecule has 1 aliphatic rings. The van der Waals surface area contributed by atoms with Crippen molar-refractivity contribution in [3.63, 3.8) is 0 Å². The Balaban J connectivity index is 0.00000420. The summed E-state index contributed by atoms with van der Waals surface area (Å²) in [5.41, 5.74) is 1.45. The van der Waals surface area contributed by atoms with Gasteiger partial charge >= 0.3 is 0 Å². The van der Waals surface area contributed by atoms with Gasteiger partial charge in [-0.15, -0.1) is 24.0 Å². The summed E-state index contributed by atoms with van der Waals surface area (Å²) >= 11 is 0. The van der Waals surface area contributed by atoms with Crippen molar-refractivity contribution < 1.29 is 14.2 Å². The first kappa shape index (κ1) is 25.8. The summed E-state index contributed by atoms with van der Waals surface area (Å²) in [4.78, 5) is 4.39. The molecule has 29 heavy (non-hydrogen) atoms. The summed E-state index contributed by atoms with van der Waals surface area (Å²) in [5.74, 6) is 2.36. The Morgan fingerprint density at radius 2 is 1.86 bits per heavy atom. The molecular weight excluding hydrogens is 481 g/mol. The van der Waals surface area contributed by atoms with E-state index >= 15 is 0 Å². The molecule has 1 saturated carbocycles. The molecule has 1 aromatic carbocycles. The molecule has 0 spiro atoms. The van der Waals surface area contributed by atoms with E-state index in [0.29, 0.717) is 18.6 Å². The Labute approximate surface area is 193 Å². The zero-order valence-corrected chi connectivity index (χ0v) is 20.7.